The molecule has 4 rings (SSSR count). The highest BCUT2D eigenvalue weighted by atomic mass is 35.5. The summed E-state index contributed by atoms with van der Waals surface area (Å²) < 4.78 is 50.7. The Labute approximate surface area is 223 Å². The van der Waals surface area contributed by atoms with Crippen molar-refractivity contribution in [2.45, 2.75) is 46.3 Å². The SMILES string of the molecule is COc1nc(-c2ccc(OCC3(C)CC3)cc2)nc(-c2cc(CNC(=O)C(C)(C)C(F)(F)F)ccc2Cl)n1. The van der Waals surface area contributed by atoms with Crippen molar-refractivity contribution in [3.05, 3.63) is 53.1 Å². The van der Waals surface area contributed by atoms with Gasteiger partial charge in [-0.05, 0) is 68.7 Å². The van der Waals surface area contributed by atoms with Gasteiger partial charge in [0.2, 0.25) is 5.91 Å². The second kappa shape index (κ2) is 10.4. The van der Waals surface area contributed by atoms with Gasteiger partial charge in [0, 0.05) is 23.1 Å². The van der Waals surface area contributed by atoms with Crippen molar-refractivity contribution in [2.24, 2.45) is 10.8 Å². The molecule has 1 fully saturated rings. The molecule has 3 aromatic rings. The van der Waals surface area contributed by atoms with Crippen LogP contribution in [0.2, 0.25) is 5.02 Å². The van der Waals surface area contributed by atoms with Crippen molar-refractivity contribution in [1.29, 1.82) is 0 Å². The van der Waals surface area contributed by atoms with Crippen molar-refractivity contribution in [1.82, 2.24) is 20.3 Å². The maximum absolute atomic E-state index is 13.2. The molecule has 1 aromatic heterocycles. The lowest BCUT2D eigenvalue weighted by molar-refractivity contribution is -0.211. The molecule has 0 saturated heterocycles. The summed E-state index contributed by atoms with van der Waals surface area (Å²) in [4.78, 5) is 25.4. The summed E-state index contributed by atoms with van der Waals surface area (Å²) in [5, 5.41) is 2.65. The number of hydrogen-bond donors (Lipinski definition) is 1. The predicted octanol–water partition coefficient (Wildman–Crippen LogP) is 6.25. The number of carbonyl (C=O) groups excluding carboxylic acids is 1. The largest absolute Gasteiger partial charge is 0.493 e. The lowest BCUT2D eigenvalue weighted by Gasteiger charge is -2.26. The zero-order valence-electron chi connectivity index (χ0n) is 21.4. The van der Waals surface area contributed by atoms with Crippen LogP contribution >= 0.6 is 11.6 Å². The molecule has 1 amide bonds. The van der Waals surface area contributed by atoms with Gasteiger partial charge < -0.3 is 14.8 Å². The Balaban J connectivity index is 1.56. The summed E-state index contributed by atoms with van der Waals surface area (Å²) >= 11 is 6.42. The predicted molar refractivity (Wildman–Crippen MR) is 137 cm³/mol. The minimum absolute atomic E-state index is 0.0636. The van der Waals surface area contributed by atoms with Gasteiger partial charge in [-0.3, -0.25) is 4.79 Å². The minimum atomic E-state index is -4.68. The number of aromatic nitrogens is 3. The highest BCUT2D eigenvalue weighted by Crippen LogP contribution is 2.45. The van der Waals surface area contributed by atoms with Crippen molar-refractivity contribution in [2.75, 3.05) is 13.7 Å². The quantitative estimate of drug-likeness (QED) is 0.340. The number of alkyl halides is 3. The molecule has 0 spiro atoms. The van der Waals surface area contributed by atoms with E-state index in [1.807, 2.05) is 24.3 Å². The Morgan fingerprint density at radius 3 is 2.32 bits per heavy atom. The molecule has 7 nitrogen and oxygen atoms in total. The van der Waals surface area contributed by atoms with Crippen LogP contribution in [0.3, 0.4) is 0 Å². The van der Waals surface area contributed by atoms with Crippen LogP contribution in [0.15, 0.2) is 42.5 Å². The molecule has 0 unspecified atom stereocenters. The first-order chi connectivity index (χ1) is 17.8. The van der Waals surface area contributed by atoms with E-state index in [2.05, 4.69) is 27.2 Å². The highest BCUT2D eigenvalue weighted by molar-refractivity contribution is 6.33. The van der Waals surface area contributed by atoms with E-state index in [0.29, 0.717) is 34.1 Å². The molecule has 202 valence electrons. The van der Waals surface area contributed by atoms with Gasteiger partial charge in [-0.1, -0.05) is 24.6 Å². The normalized spacial score (nSPS) is 14.6. The molecule has 2 aromatic carbocycles. The number of nitrogens with one attached hydrogen (secondary N) is 1. The van der Waals surface area contributed by atoms with E-state index in [1.165, 1.54) is 20.0 Å². The standard InChI is InChI=1S/C27H28ClF3N4O3/c1-25(2,27(29,30)31)23(36)32-14-16-5-10-20(28)19(13-16)22-33-21(34-24(35-22)37-4)17-6-8-18(9-7-17)38-15-26(3)11-12-26/h5-10,13H,11-12,14-15H2,1-4H3,(H,32,36). The molecule has 1 N–H and O–H groups in total. The zero-order chi connectivity index (χ0) is 27.7. The van der Waals surface area contributed by atoms with Gasteiger partial charge in [0.05, 0.1) is 18.7 Å². The monoisotopic (exact) mass is 548 g/mol. The van der Waals surface area contributed by atoms with Crippen LogP contribution in [0.25, 0.3) is 22.8 Å². The highest BCUT2D eigenvalue weighted by Gasteiger charge is 2.52. The first-order valence-electron chi connectivity index (χ1n) is 12.0. The van der Waals surface area contributed by atoms with E-state index in [-0.39, 0.29) is 23.8 Å². The maximum Gasteiger partial charge on any atom is 0.402 e. The summed E-state index contributed by atoms with van der Waals surface area (Å²) in [6.07, 6.45) is -2.35. The Morgan fingerprint density at radius 1 is 1.05 bits per heavy atom. The fraction of sp³-hybridized carbons (Fsp3) is 0.407. The van der Waals surface area contributed by atoms with E-state index >= 15 is 0 Å². The number of nitrogens with zero attached hydrogens (tertiary/aromatic N) is 3. The summed E-state index contributed by atoms with van der Waals surface area (Å²) in [6.45, 7) is 4.38. The van der Waals surface area contributed by atoms with Gasteiger partial charge in [-0.25, -0.2) is 4.98 Å². The molecule has 0 bridgehead atoms. The molecule has 38 heavy (non-hydrogen) atoms. The third-order valence-electron chi connectivity index (χ3n) is 6.60. The fourth-order valence-electron chi connectivity index (χ4n) is 3.40. The second-order valence-electron chi connectivity index (χ2n) is 10.2. The average molecular weight is 549 g/mol. The van der Waals surface area contributed by atoms with Crippen molar-refractivity contribution < 1.29 is 27.4 Å². The van der Waals surface area contributed by atoms with Crippen LogP contribution in [0.4, 0.5) is 13.2 Å². The number of benzene rings is 2. The minimum Gasteiger partial charge on any atom is -0.493 e. The van der Waals surface area contributed by atoms with Gasteiger partial charge in [0.15, 0.2) is 11.6 Å². The zero-order valence-corrected chi connectivity index (χ0v) is 22.2. The number of carbonyl (C=O) groups is 1. The smallest absolute Gasteiger partial charge is 0.402 e. The fourth-order valence-corrected chi connectivity index (χ4v) is 3.60. The summed E-state index contributed by atoms with van der Waals surface area (Å²) in [5.41, 5.74) is -0.642. The van der Waals surface area contributed by atoms with Crippen LogP contribution in [0.1, 0.15) is 39.2 Å². The summed E-state index contributed by atoms with van der Waals surface area (Å²) in [5.74, 6) is 0.163. The van der Waals surface area contributed by atoms with Gasteiger partial charge in [-0.2, -0.15) is 23.1 Å². The molecule has 0 aliphatic heterocycles. The van der Waals surface area contributed by atoms with E-state index in [0.717, 1.165) is 19.6 Å². The summed E-state index contributed by atoms with van der Waals surface area (Å²) in [7, 11) is 1.42. The van der Waals surface area contributed by atoms with Gasteiger partial charge in [0.25, 0.3) is 0 Å². The number of hydrogen-bond acceptors (Lipinski definition) is 6. The molecule has 1 aliphatic carbocycles. The van der Waals surface area contributed by atoms with Crippen LogP contribution < -0.4 is 14.8 Å². The van der Waals surface area contributed by atoms with Gasteiger partial charge >= 0.3 is 12.2 Å². The number of halogens is 4. The van der Waals surface area contributed by atoms with Crippen LogP contribution in [-0.2, 0) is 11.3 Å². The van der Waals surface area contributed by atoms with Crippen molar-refractivity contribution >= 4 is 17.5 Å². The lowest BCUT2D eigenvalue weighted by atomic mass is 9.91. The maximum atomic E-state index is 13.2. The van der Waals surface area contributed by atoms with Gasteiger partial charge in [0.1, 0.15) is 11.2 Å². The van der Waals surface area contributed by atoms with Crippen molar-refractivity contribution in [3.63, 3.8) is 0 Å². The molecule has 0 radical (unpaired) electrons. The summed E-state index contributed by atoms with van der Waals surface area (Å²) in [6, 6.07) is 12.2. The Hall–Kier alpha value is -3.40. The van der Waals surface area contributed by atoms with Crippen LogP contribution in [-0.4, -0.2) is 40.8 Å². The van der Waals surface area contributed by atoms with E-state index < -0.39 is 17.5 Å². The topological polar surface area (TPSA) is 86.2 Å². The molecular weight excluding hydrogens is 521 g/mol. The molecule has 1 heterocycles. The van der Waals surface area contributed by atoms with E-state index in [9.17, 15) is 18.0 Å². The first-order valence-corrected chi connectivity index (χ1v) is 12.4. The number of ether oxygens (including phenoxy) is 2. The average Bonchev–Trinajstić information content (AvgIpc) is 3.63. The molecule has 0 atom stereocenters. The third kappa shape index (κ3) is 6.18. The Bertz CT molecular complexity index is 1330. The third-order valence-corrected chi connectivity index (χ3v) is 6.93. The van der Waals surface area contributed by atoms with Gasteiger partial charge in [-0.15, -0.1) is 0 Å². The van der Waals surface area contributed by atoms with E-state index in [4.69, 9.17) is 21.1 Å². The molecule has 11 heteroatoms. The van der Waals surface area contributed by atoms with Crippen LogP contribution in [0.5, 0.6) is 11.8 Å². The Kier molecular flexibility index (Phi) is 7.56. The van der Waals surface area contributed by atoms with Crippen molar-refractivity contribution in [3.8, 4) is 34.5 Å². The number of amides is 1. The molecular formula is C27H28ClF3N4O3. The van der Waals surface area contributed by atoms with E-state index in [1.54, 1.807) is 18.2 Å². The first kappa shape index (κ1) is 27.6. The Morgan fingerprint density at radius 2 is 1.71 bits per heavy atom. The number of rotatable bonds is 9. The molecule has 1 aliphatic rings. The number of methoxy groups -OCH3 is 1. The lowest BCUT2D eigenvalue weighted by Crippen LogP contribution is -2.46. The second-order valence-corrected chi connectivity index (χ2v) is 10.6. The van der Waals surface area contributed by atoms with Crippen LogP contribution in [0, 0.1) is 10.8 Å². The molecule has 1 saturated carbocycles.